The first kappa shape index (κ1) is 13.5. The second-order valence-corrected chi connectivity index (χ2v) is 4.51. The zero-order valence-corrected chi connectivity index (χ0v) is 10.9. The van der Waals surface area contributed by atoms with E-state index in [1.165, 1.54) is 17.0 Å². The third-order valence-corrected chi connectivity index (χ3v) is 3.07. The molecule has 0 heterocycles. The minimum Gasteiger partial charge on any atom is -0.340 e. The van der Waals surface area contributed by atoms with Crippen molar-refractivity contribution < 1.29 is 8.78 Å². The summed E-state index contributed by atoms with van der Waals surface area (Å²) in [5.74, 6) is -0.804. The van der Waals surface area contributed by atoms with E-state index >= 15 is 0 Å². The molecule has 0 aliphatic heterocycles. The molecule has 0 radical (unpaired) electrons. The Morgan fingerprint density at radius 2 is 1.63 bits per heavy atom. The fraction of sp³-hybridized carbons (Fsp3) is 0.200. The number of halogens is 2. The van der Waals surface area contributed by atoms with Gasteiger partial charge in [-0.3, -0.25) is 0 Å². The van der Waals surface area contributed by atoms with Gasteiger partial charge < -0.3 is 10.6 Å². The van der Waals surface area contributed by atoms with Gasteiger partial charge in [-0.05, 0) is 36.8 Å². The normalized spacial score (nSPS) is 12.3. The molecule has 0 fully saturated rings. The van der Waals surface area contributed by atoms with Gasteiger partial charge in [-0.1, -0.05) is 18.2 Å². The van der Waals surface area contributed by atoms with Gasteiger partial charge in [0.05, 0.1) is 11.4 Å². The number of nitrogens with two attached hydrogens (primary N) is 1. The summed E-state index contributed by atoms with van der Waals surface area (Å²) in [7, 11) is 1.63. The molecule has 0 aromatic heterocycles. The SMILES string of the molecule is C[C@@H](N)c1ccc(N(C)c2ccccc2F)c(F)c1. The van der Waals surface area contributed by atoms with Crippen LogP contribution in [0, 0.1) is 11.6 Å². The third-order valence-electron chi connectivity index (χ3n) is 3.07. The van der Waals surface area contributed by atoms with E-state index in [4.69, 9.17) is 5.73 Å². The van der Waals surface area contributed by atoms with Gasteiger partial charge in [-0.2, -0.15) is 0 Å². The molecule has 0 spiro atoms. The van der Waals surface area contributed by atoms with Gasteiger partial charge in [0.15, 0.2) is 0 Å². The highest BCUT2D eigenvalue weighted by Crippen LogP contribution is 2.29. The van der Waals surface area contributed by atoms with E-state index in [1.807, 2.05) is 0 Å². The second-order valence-electron chi connectivity index (χ2n) is 4.51. The quantitative estimate of drug-likeness (QED) is 0.912. The zero-order valence-electron chi connectivity index (χ0n) is 10.9. The van der Waals surface area contributed by atoms with Crippen molar-refractivity contribution in [2.24, 2.45) is 5.73 Å². The van der Waals surface area contributed by atoms with E-state index in [0.717, 1.165) is 0 Å². The van der Waals surface area contributed by atoms with Crippen molar-refractivity contribution in [3.8, 4) is 0 Å². The Hall–Kier alpha value is -1.94. The smallest absolute Gasteiger partial charge is 0.147 e. The van der Waals surface area contributed by atoms with Gasteiger partial charge in [-0.15, -0.1) is 0 Å². The summed E-state index contributed by atoms with van der Waals surface area (Å²) >= 11 is 0. The monoisotopic (exact) mass is 262 g/mol. The molecule has 0 unspecified atom stereocenters. The Bertz CT molecular complexity index is 582. The first-order valence-corrected chi connectivity index (χ1v) is 6.04. The maximum absolute atomic E-state index is 14.1. The predicted octanol–water partition coefficient (Wildman–Crippen LogP) is 3.75. The molecule has 0 aliphatic carbocycles. The molecule has 2 aromatic carbocycles. The van der Waals surface area contributed by atoms with Crippen LogP contribution in [0.4, 0.5) is 20.2 Å². The van der Waals surface area contributed by atoms with Crippen LogP contribution in [0.2, 0.25) is 0 Å². The largest absolute Gasteiger partial charge is 0.340 e. The number of nitrogens with zero attached hydrogens (tertiary/aromatic N) is 1. The second kappa shape index (κ2) is 5.36. The minimum absolute atomic E-state index is 0.234. The Kier molecular flexibility index (Phi) is 3.81. The fourth-order valence-electron chi connectivity index (χ4n) is 1.93. The van der Waals surface area contributed by atoms with Gasteiger partial charge in [-0.25, -0.2) is 8.78 Å². The van der Waals surface area contributed by atoms with Crippen LogP contribution >= 0.6 is 0 Å². The standard InChI is InChI=1S/C15H16F2N2/c1-10(18)11-7-8-15(13(17)9-11)19(2)14-6-4-3-5-12(14)16/h3-10H,18H2,1-2H3/t10-/m1/s1. The summed E-state index contributed by atoms with van der Waals surface area (Å²) in [6, 6.07) is 10.8. The predicted molar refractivity (Wildman–Crippen MR) is 73.5 cm³/mol. The summed E-state index contributed by atoms with van der Waals surface area (Å²) in [6.45, 7) is 1.79. The molecule has 4 heteroatoms. The number of hydrogen-bond acceptors (Lipinski definition) is 2. The molecule has 19 heavy (non-hydrogen) atoms. The molecule has 100 valence electrons. The molecule has 1 atom stereocenters. The van der Waals surface area contributed by atoms with Gasteiger partial charge >= 0.3 is 0 Å². The van der Waals surface area contributed by atoms with E-state index in [-0.39, 0.29) is 11.9 Å². The Balaban J connectivity index is 2.40. The lowest BCUT2D eigenvalue weighted by Gasteiger charge is -2.21. The number of rotatable bonds is 3. The van der Waals surface area contributed by atoms with Crippen molar-refractivity contribution in [2.45, 2.75) is 13.0 Å². The number of para-hydroxylation sites is 1. The summed E-state index contributed by atoms with van der Waals surface area (Å²) in [6.07, 6.45) is 0. The fourth-order valence-corrected chi connectivity index (χ4v) is 1.93. The molecular formula is C15H16F2N2. The van der Waals surface area contributed by atoms with Crippen molar-refractivity contribution in [3.63, 3.8) is 0 Å². The van der Waals surface area contributed by atoms with E-state index in [1.54, 1.807) is 44.3 Å². The summed E-state index contributed by atoms with van der Waals surface area (Å²) in [5, 5.41) is 0. The maximum Gasteiger partial charge on any atom is 0.147 e. The van der Waals surface area contributed by atoms with Crippen LogP contribution in [-0.4, -0.2) is 7.05 Å². The van der Waals surface area contributed by atoms with Crippen molar-refractivity contribution in [2.75, 3.05) is 11.9 Å². The molecule has 0 bridgehead atoms. The molecule has 0 aliphatic rings. The molecular weight excluding hydrogens is 246 g/mol. The van der Waals surface area contributed by atoms with Crippen molar-refractivity contribution >= 4 is 11.4 Å². The van der Waals surface area contributed by atoms with Gasteiger partial charge in [0.2, 0.25) is 0 Å². The van der Waals surface area contributed by atoms with Crippen LogP contribution in [0.1, 0.15) is 18.5 Å². The minimum atomic E-state index is -0.416. The third kappa shape index (κ3) is 2.74. The molecule has 2 aromatic rings. The van der Waals surface area contributed by atoms with Crippen LogP contribution in [0.25, 0.3) is 0 Å². The van der Waals surface area contributed by atoms with Gasteiger partial charge in [0.25, 0.3) is 0 Å². The Labute approximate surface area is 111 Å². The lowest BCUT2D eigenvalue weighted by Crippen LogP contribution is -2.14. The van der Waals surface area contributed by atoms with Crippen LogP contribution in [-0.2, 0) is 0 Å². The number of benzene rings is 2. The van der Waals surface area contributed by atoms with E-state index in [9.17, 15) is 8.78 Å². The van der Waals surface area contributed by atoms with Crippen molar-refractivity contribution in [3.05, 3.63) is 59.7 Å². The zero-order chi connectivity index (χ0) is 14.0. The van der Waals surface area contributed by atoms with Gasteiger partial charge in [0, 0.05) is 13.1 Å². The van der Waals surface area contributed by atoms with Crippen LogP contribution in [0.15, 0.2) is 42.5 Å². The lowest BCUT2D eigenvalue weighted by atomic mass is 10.1. The molecule has 0 saturated heterocycles. The van der Waals surface area contributed by atoms with Crippen molar-refractivity contribution in [1.82, 2.24) is 0 Å². The van der Waals surface area contributed by atoms with Crippen LogP contribution < -0.4 is 10.6 Å². The Morgan fingerprint density at radius 3 is 2.21 bits per heavy atom. The molecule has 2 rings (SSSR count). The summed E-state index contributed by atoms with van der Waals surface area (Å²) < 4.78 is 27.7. The molecule has 2 nitrogen and oxygen atoms in total. The van der Waals surface area contributed by atoms with Crippen molar-refractivity contribution in [1.29, 1.82) is 0 Å². The average molecular weight is 262 g/mol. The number of hydrogen-bond donors (Lipinski definition) is 1. The van der Waals surface area contributed by atoms with E-state index in [0.29, 0.717) is 16.9 Å². The summed E-state index contributed by atoms with van der Waals surface area (Å²) in [5.41, 5.74) is 7.06. The first-order chi connectivity index (χ1) is 9.00. The van der Waals surface area contributed by atoms with Crippen LogP contribution in [0.5, 0.6) is 0 Å². The summed E-state index contributed by atoms with van der Waals surface area (Å²) in [4.78, 5) is 1.48. The first-order valence-electron chi connectivity index (χ1n) is 6.04. The highest BCUT2D eigenvalue weighted by Gasteiger charge is 2.14. The van der Waals surface area contributed by atoms with Crippen LogP contribution in [0.3, 0.4) is 0 Å². The van der Waals surface area contributed by atoms with Gasteiger partial charge in [0.1, 0.15) is 11.6 Å². The van der Waals surface area contributed by atoms with E-state index < -0.39 is 5.82 Å². The highest BCUT2D eigenvalue weighted by molar-refractivity contribution is 5.63. The molecule has 0 saturated carbocycles. The molecule has 2 N–H and O–H groups in total. The topological polar surface area (TPSA) is 29.3 Å². The number of anilines is 2. The Morgan fingerprint density at radius 1 is 1.00 bits per heavy atom. The lowest BCUT2D eigenvalue weighted by molar-refractivity contribution is 0.614. The van der Waals surface area contributed by atoms with E-state index in [2.05, 4.69) is 0 Å². The highest BCUT2D eigenvalue weighted by atomic mass is 19.1. The average Bonchev–Trinajstić information content (AvgIpc) is 2.38. The molecule has 0 amide bonds. The maximum atomic E-state index is 14.1.